The third-order valence-electron chi connectivity index (χ3n) is 4.12. The zero-order valence-corrected chi connectivity index (χ0v) is 16.9. The van der Waals surface area contributed by atoms with Crippen molar-refractivity contribution in [3.63, 3.8) is 0 Å². The van der Waals surface area contributed by atoms with Crippen LogP contribution in [-0.4, -0.2) is 29.3 Å². The molecule has 1 N–H and O–H groups in total. The number of hydrogen-bond acceptors (Lipinski definition) is 2. The average molecular weight is 440 g/mol. The number of nitrogens with zero attached hydrogens (tertiary/aromatic N) is 1. The van der Waals surface area contributed by atoms with Gasteiger partial charge in [0.05, 0.1) is 6.10 Å². The molecule has 132 valence electrons. The highest BCUT2D eigenvalue weighted by Crippen LogP contribution is 2.19. The summed E-state index contributed by atoms with van der Waals surface area (Å²) in [4.78, 5) is 2.16. The second-order valence-corrected chi connectivity index (χ2v) is 7.82. The standard InChI is InChI=1S/C19H20BrClN2OS/c20-15-5-9-17(10-6-15)22-19(25)23(13-18-2-1-11-24-18)12-14-3-7-16(21)8-4-14/h3-10,18H,1-2,11-13H2,(H,22,25). The number of thiocarbonyl (C=S) groups is 1. The van der Waals surface area contributed by atoms with E-state index in [0.29, 0.717) is 5.11 Å². The van der Waals surface area contributed by atoms with E-state index in [-0.39, 0.29) is 6.10 Å². The Morgan fingerprint density at radius 2 is 1.92 bits per heavy atom. The Morgan fingerprint density at radius 1 is 1.20 bits per heavy atom. The van der Waals surface area contributed by atoms with Crippen molar-refractivity contribution in [3.05, 3.63) is 63.6 Å². The second kappa shape index (κ2) is 8.99. The maximum atomic E-state index is 5.99. The van der Waals surface area contributed by atoms with Gasteiger partial charge in [-0.25, -0.2) is 0 Å². The number of hydrogen-bond donors (Lipinski definition) is 1. The first-order valence-electron chi connectivity index (χ1n) is 8.28. The van der Waals surface area contributed by atoms with E-state index in [2.05, 4.69) is 26.1 Å². The van der Waals surface area contributed by atoms with E-state index in [0.717, 1.165) is 47.7 Å². The Kier molecular flexibility index (Phi) is 6.70. The first kappa shape index (κ1) is 18.6. The topological polar surface area (TPSA) is 24.5 Å². The molecule has 0 aliphatic carbocycles. The molecule has 0 spiro atoms. The van der Waals surface area contributed by atoms with Gasteiger partial charge in [-0.2, -0.15) is 0 Å². The van der Waals surface area contributed by atoms with Gasteiger partial charge in [0, 0.05) is 34.9 Å². The van der Waals surface area contributed by atoms with Gasteiger partial charge in [0.2, 0.25) is 0 Å². The molecule has 0 amide bonds. The lowest BCUT2D eigenvalue weighted by atomic mass is 10.2. The molecule has 3 nitrogen and oxygen atoms in total. The molecule has 0 aromatic heterocycles. The van der Waals surface area contributed by atoms with Gasteiger partial charge in [0.1, 0.15) is 0 Å². The highest BCUT2D eigenvalue weighted by Gasteiger charge is 2.21. The van der Waals surface area contributed by atoms with Crippen LogP contribution in [0.2, 0.25) is 5.02 Å². The smallest absolute Gasteiger partial charge is 0.173 e. The summed E-state index contributed by atoms with van der Waals surface area (Å²) in [5.74, 6) is 0. The zero-order chi connectivity index (χ0) is 17.6. The van der Waals surface area contributed by atoms with Crippen LogP contribution < -0.4 is 5.32 Å². The minimum Gasteiger partial charge on any atom is -0.376 e. The van der Waals surface area contributed by atoms with Crippen LogP contribution in [0.3, 0.4) is 0 Å². The molecule has 1 fully saturated rings. The van der Waals surface area contributed by atoms with Crippen LogP contribution in [0, 0.1) is 0 Å². The van der Waals surface area contributed by atoms with Gasteiger partial charge < -0.3 is 15.0 Å². The molecule has 2 aromatic rings. The number of nitrogens with one attached hydrogen (secondary N) is 1. The van der Waals surface area contributed by atoms with Crippen LogP contribution in [0.4, 0.5) is 5.69 Å². The average Bonchev–Trinajstić information content (AvgIpc) is 3.11. The van der Waals surface area contributed by atoms with Crippen molar-refractivity contribution in [2.24, 2.45) is 0 Å². The van der Waals surface area contributed by atoms with Crippen molar-refractivity contribution in [1.82, 2.24) is 4.90 Å². The molecular formula is C19H20BrClN2OS. The van der Waals surface area contributed by atoms with E-state index in [4.69, 9.17) is 28.6 Å². The largest absolute Gasteiger partial charge is 0.376 e. The normalized spacial score (nSPS) is 16.6. The number of ether oxygens (including phenoxy) is 1. The van der Waals surface area contributed by atoms with Gasteiger partial charge in [-0.15, -0.1) is 0 Å². The van der Waals surface area contributed by atoms with Gasteiger partial charge in [0.15, 0.2) is 5.11 Å². The summed E-state index contributed by atoms with van der Waals surface area (Å²) < 4.78 is 6.84. The lowest BCUT2D eigenvalue weighted by molar-refractivity contribution is 0.0905. The fourth-order valence-electron chi connectivity index (χ4n) is 2.80. The summed E-state index contributed by atoms with van der Waals surface area (Å²) in [5.41, 5.74) is 2.14. The van der Waals surface area contributed by atoms with Gasteiger partial charge in [-0.1, -0.05) is 39.7 Å². The van der Waals surface area contributed by atoms with Crippen molar-refractivity contribution < 1.29 is 4.74 Å². The zero-order valence-electron chi connectivity index (χ0n) is 13.8. The maximum absolute atomic E-state index is 5.99. The van der Waals surface area contributed by atoms with Crippen LogP contribution in [-0.2, 0) is 11.3 Å². The SMILES string of the molecule is S=C(Nc1ccc(Br)cc1)N(Cc1ccc(Cl)cc1)CC1CCCO1. The Hall–Kier alpha value is -1.14. The van der Waals surface area contributed by atoms with E-state index in [1.54, 1.807) is 0 Å². The maximum Gasteiger partial charge on any atom is 0.173 e. The van der Waals surface area contributed by atoms with Crippen molar-refractivity contribution in [2.45, 2.75) is 25.5 Å². The number of rotatable bonds is 5. The van der Waals surface area contributed by atoms with Crippen molar-refractivity contribution in [2.75, 3.05) is 18.5 Å². The molecular weight excluding hydrogens is 420 g/mol. The summed E-state index contributed by atoms with van der Waals surface area (Å²) in [6.07, 6.45) is 2.43. The van der Waals surface area contributed by atoms with Crippen LogP contribution in [0.1, 0.15) is 18.4 Å². The lowest BCUT2D eigenvalue weighted by Crippen LogP contribution is -2.39. The molecule has 1 atom stereocenters. The second-order valence-electron chi connectivity index (χ2n) is 6.08. The summed E-state index contributed by atoms with van der Waals surface area (Å²) in [6.45, 7) is 2.34. The molecule has 2 aromatic carbocycles. The van der Waals surface area contributed by atoms with E-state index in [9.17, 15) is 0 Å². The molecule has 3 rings (SSSR count). The molecule has 0 saturated carbocycles. The van der Waals surface area contributed by atoms with E-state index in [1.165, 1.54) is 5.56 Å². The van der Waals surface area contributed by atoms with Gasteiger partial charge in [-0.3, -0.25) is 0 Å². The third kappa shape index (κ3) is 5.68. The van der Waals surface area contributed by atoms with Crippen LogP contribution in [0.15, 0.2) is 53.0 Å². The van der Waals surface area contributed by atoms with E-state index < -0.39 is 0 Å². The number of anilines is 1. The Morgan fingerprint density at radius 3 is 2.56 bits per heavy atom. The number of halogens is 2. The minimum absolute atomic E-state index is 0.233. The predicted molar refractivity (Wildman–Crippen MR) is 111 cm³/mol. The van der Waals surface area contributed by atoms with Gasteiger partial charge in [0.25, 0.3) is 0 Å². The molecule has 1 saturated heterocycles. The summed E-state index contributed by atoms with van der Waals surface area (Å²) in [7, 11) is 0. The van der Waals surface area contributed by atoms with E-state index >= 15 is 0 Å². The Labute approximate surface area is 167 Å². The van der Waals surface area contributed by atoms with Crippen molar-refractivity contribution in [3.8, 4) is 0 Å². The summed E-state index contributed by atoms with van der Waals surface area (Å²) in [5, 5.41) is 4.77. The molecule has 6 heteroatoms. The van der Waals surface area contributed by atoms with E-state index in [1.807, 2.05) is 48.5 Å². The Balaban J connectivity index is 1.70. The van der Waals surface area contributed by atoms with Crippen LogP contribution in [0.5, 0.6) is 0 Å². The van der Waals surface area contributed by atoms with Crippen molar-refractivity contribution >= 4 is 50.5 Å². The molecule has 1 aliphatic rings. The van der Waals surface area contributed by atoms with Crippen LogP contribution >= 0.6 is 39.7 Å². The third-order valence-corrected chi connectivity index (χ3v) is 5.26. The lowest BCUT2D eigenvalue weighted by Gasteiger charge is -2.28. The first-order valence-corrected chi connectivity index (χ1v) is 9.85. The van der Waals surface area contributed by atoms with Crippen molar-refractivity contribution in [1.29, 1.82) is 0 Å². The fourth-order valence-corrected chi connectivity index (χ4v) is 3.45. The molecule has 0 bridgehead atoms. The van der Waals surface area contributed by atoms with Crippen LogP contribution in [0.25, 0.3) is 0 Å². The van der Waals surface area contributed by atoms with Gasteiger partial charge in [-0.05, 0) is 67.0 Å². The quantitative estimate of drug-likeness (QED) is 0.623. The monoisotopic (exact) mass is 438 g/mol. The summed E-state index contributed by atoms with van der Waals surface area (Å²) in [6, 6.07) is 15.9. The van der Waals surface area contributed by atoms with Gasteiger partial charge >= 0.3 is 0 Å². The first-order chi connectivity index (χ1) is 12.1. The highest BCUT2D eigenvalue weighted by atomic mass is 79.9. The molecule has 0 radical (unpaired) electrons. The molecule has 25 heavy (non-hydrogen) atoms. The minimum atomic E-state index is 0.233. The highest BCUT2D eigenvalue weighted by molar-refractivity contribution is 9.10. The predicted octanol–water partition coefficient (Wildman–Crippen LogP) is 5.48. The fraction of sp³-hybridized carbons (Fsp3) is 0.316. The Bertz CT molecular complexity index is 702. The number of benzene rings is 2. The molecule has 1 heterocycles. The summed E-state index contributed by atoms with van der Waals surface area (Å²) >= 11 is 15.1. The molecule has 1 aliphatic heterocycles. The molecule has 1 unspecified atom stereocenters.